The van der Waals surface area contributed by atoms with Crippen molar-refractivity contribution in [2.45, 2.75) is 34.1 Å². The smallest absolute Gasteiger partial charge is 0.266 e. The van der Waals surface area contributed by atoms with Crippen molar-refractivity contribution in [3.63, 3.8) is 0 Å². The van der Waals surface area contributed by atoms with Gasteiger partial charge in [-0.25, -0.2) is 9.59 Å². The molecule has 0 bridgehead atoms. The Hall–Kier alpha value is -1.14. The van der Waals surface area contributed by atoms with Gasteiger partial charge in [0, 0.05) is 17.0 Å². The number of carbonyl (C=O) groups is 2. The molecule has 0 spiro atoms. The molecule has 0 aliphatic rings. The second kappa shape index (κ2) is 5.56. The van der Waals surface area contributed by atoms with E-state index in [0.29, 0.717) is 0 Å². The van der Waals surface area contributed by atoms with Crippen molar-refractivity contribution >= 4 is 11.9 Å². The Kier molecular flexibility index (Phi) is 5.11. The van der Waals surface area contributed by atoms with Gasteiger partial charge in [0.2, 0.25) is 0 Å². The fourth-order valence-corrected chi connectivity index (χ4v) is 0.576. The van der Waals surface area contributed by atoms with Gasteiger partial charge in [-0.05, 0) is 5.41 Å². The Bertz CT molecular complexity index is 204. The van der Waals surface area contributed by atoms with E-state index >= 15 is 0 Å². The third-order valence-corrected chi connectivity index (χ3v) is 0.981. The van der Waals surface area contributed by atoms with Crippen LogP contribution in [0.5, 0.6) is 0 Å². The summed E-state index contributed by atoms with van der Waals surface area (Å²) in [6, 6.07) is 0. The highest BCUT2D eigenvalue weighted by molar-refractivity contribution is 5.69. The third kappa shape index (κ3) is 8.95. The average Bonchev–Trinajstić information content (AvgIpc) is 1.94. The van der Waals surface area contributed by atoms with Crippen LogP contribution in [-0.2, 0) is 29.4 Å². The molecule has 0 saturated carbocycles. The van der Waals surface area contributed by atoms with Gasteiger partial charge in [0.25, 0.3) is 0 Å². The van der Waals surface area contributed by atoms with Crippen LogP contribution in [0.25, 0.3) is 0 Å². The average molecular weight is 206 g/mol. The van der Waals surface area contributed by atoms with Crippen LogP contribution in [-0.4, -0.2) is 11.9 Å². The van der Waals surface area contributed by atoms with E-state index in [9.17, 15) is 9.59 Å². The van der Waals surface area contributed by atoms with Crippen molar-refractivity contribution in [2.24, 2.45) is 5.41 Å². The molecule has 0 aromatic heterocycles. The van der Waals surface area contributed by atoms with Gasteiger partial charge < -0.3 is 0 Å². The molecule has 0 radical (unpaired) electrons. The molecule has 0 aliphatic carbocycles. The van der Waals surface area contributed by atoms with Crippen LogP contribution >= 0.6 is 0 Å². The minimum atomic E-state index is -0.711. The molecule has 6 nitrogen and oxygen atoms in total. The van der Waals surface area contributed by atoms with Gasteiger partial charge in [0.15, 0.2) is 0 Å². The van der Waals surface area contributed by atoms with Crippen LogP contribution in [0.2, 0.25) is 0 Å². The van der Waals surface area contributed by atoms with E-state index < -0.39 is 11.9 Å². The molecule has 0 saturated heterocycles. The lowest BCUT2D eigenvalue weighted by Gasteiger charge is -2.14. The third-order valence-electron chi connectivity index (χ3n) is 0.981. The van der Waals surface area contributed by atoms with E-state index in [1.807, 2.05) is 20.8 Å². The number of hydrogen-bond donors (Lipinski definition) is 0. The molecule has 82 valence electrons. The Morgan fingerprint density at radius 1 is 1.07 bits per heavy atom. The largest absolute Gasteiger partial charge is 0.346 e. The van der Waals surface area contributed by atoms with Crippen LogP contribution < -0.4 is 0 Å². The highest BCUT2D eigenvalue weighted by Crippen LogP contribution is 2.18. The Morgan fingerprint density at radius 2 is 1.57 bits per heavy atom. The monoisotopic (exact) mass is 206 g/mol. The number of rotatable bonds is 4. The molecule has 0 unspecified atom stereocenters. The summed E-state index contributed by atoms with van der Waals surface area (Å²) in [5, 5.41) is 7.65. The summed E-state index contributed by atoms with van der Waals surface area (Å²) in [6.45, 7) is 6.70. The molecule has 0 aromatic carbocycles. The van der Waals surface area contributed by atoms with Crippen LogP contribution in [0, 0.1) is 5.41 Å². The molecule has 6 heteroatoms. The zero-order chi connectivity index (χ0) is 11.2. The zero-order valence-electron chi connectivity index (χ0n) is 8.66. The fourth-order valence-electron chi connectivity index (χ4n) is 0.576. The Labute approximate surface area is 81.9 Å². The van der Waals surface area contributed by atoms with Gasteiger partial charge in [0.05, 0.1) is 6.42 Å². The second-order valence-electron chi connectivity index (χ2n) is 3.90. The number of carbonyl (C=O) groups excluding carboxylic acids is 2. The quantitative estimate of drug-likeness (QED) is 0.392. The van der Waals surface area contributed by atoms with Crippen LogP contribution in [0.15, 0.2) is 0 Å². The lowest BCUT2D eigenvalue weighted by molar-refractivity contribution is -0.600. The summed E-state index contributed by atoms with van der Waals surface area (Å²) >= 11 is 0. The summed E-state index contributed by atoms with van der Waals surface area (Å²) in [7, 11) is 0. The van der Waals surface area contributed by atoms with E-state index in [1.54, 1.807) is 0 Å². The van der Waals surface area contributed by atoms with Crippen molar-refractivity contribution in [3.8, 4) is 0 Å². The summed E-state index contributed by atoms with van der Waals surface area (Å²) in [4.78, 5) is 29.1. The van der Waals surface area contributed by atoms with Crippen molar-refractivity contribution in [3.05, 3.63) is 0 Å². The van der Waals surface area contributed by atoms with Crippen molar-refractivity contribution in [1.82, 2.24) is 0 Å². The molecule has 14 heavy (non-hydrogen) atoms. The van der Waals surface area contributed by atoms with E-state index in [2.05, 4.69) is 19.9 Å². The van der Waals surface area contributed by atoms with E-state index in [-0.39, 0.29) is 11.8 Å². The highest BCUT2D eigenvalue weighted by atomic mass is 17.7. The van der Waals surface area contributed by atoms with Gasteiger partial charge in [-0.3, -0.25) is 9.78 Å². The normalized spacial score (nSPS) is 10.9. The first-order valence-electron chi connectivity index (χ1n) is 4.02. The maximum Gasteiger partial charge on any atom is 0.346 e. The summed E-state index contributed by atoms with van der Waals surface area (Å²) < 4.78 is 0. The fraction of sp³-hybridized carbons (Fsp3) is 0.750. The van der Waals surface area contributed by atoms with Gasteiger partial charge in [-0.2, -0.15) is 0 Å². The molecular weight excluding hydrogens is 192 g/mol. The van der Waals surface area contributed by atoms with Gasteiger partial charge in [-0.1, -0.05) is 20.8 Å². The van der Waals surface area contributed by atoms with Gasteiger partial charge in [-0.15, -0.1) is 0 Å². The molecular formula is C8H14O6. The predicted octanol–water partition coefficient (Wildman–Crippen LogP) is 1.31. The topological polar surface area (TPSA) is 71.1 Å². The summed E-state index contributed by atoms with van der Waals surface area (Å²) in [5.41, 5.74) is -0.206. The molecule has 0 rings (SSSR count). The number of hydrogen-bond acceptors (Lipinski definition) is 6. The van der Waals surface area contributed by atoms with Crippen LogP contribution in [0.4, 0.5) is 0 Å². The van der Waals surface area contributed by atoms with Crippen LogP contribution in [0.3, 0.4) is 0 Å². The lowest BCUT2D eigenvalue weighted by atomic mass is 9.93. The van der Waals surface area contributed by atoms with Gasteiger partial charge >= 0.3 is 11.9 Å². The summed E-state index contributed by atoms with van der Waals surface area (Å²) in [5.74, 6) is -1.32. The van der Waals surface area contributed by atoms with E-state index in [0.717, 1.165) is 6.92 Å². The maximum atomic E-state index is 10.9. The molecule has 0 N–H and O–H groups in total. The first kappa shape index (κ1) is 12.9. The van der Waals surface area contributed by atoms with Crippen molar-refractivity contribution in [1.29, 1.82) is 0 Å². The highest BCUT2D eigenvalue weighted by Gasteiger charge is 2.18. The summed E-state index contributed by atoms with van der Waals surface area (Å²) in [6.07, 6.45) is 0.163. The minimum Gasteiger partial charge on any atom is -0.266 e. The van der Waals surface area contributed by atoms with Crippen LogP contribution in [0.1, 0.15) is 34.1 Å². The molecule has 0 aliphatic heterocycles. The Balaban J connectivity index is 3.50. The molecule has 0 fully saturated rings. The van der Waals surface area contributed by atoms with Crippen molar-refractivity contribution in [2.75, 3.05) is 0 Å². The van der Waals surface area contributed by atoms with Gasteiger partial charge in [0.1, 0.15) is 0 Å². The standard InChI is InChI=1S/C8H14O6/c1-6(9)11-13-14-12-7(10)5-8(2,3)4/h5H2,1-4H3. The Morgan fingerprint density at radius 3 is 2.00 bits per heavy atom. The predicted molar refractivity (Wildman–Crippen MR) is 44.1 cm³/mol. The molecule has 0 aromatic rings. The second-order valence-corrected chi connectivity index (χ2v) is 3.90. The SMILES string of the molecule is CC(=O)OOOOC(=O)CC(C)(C)C. The van der Waals surface area contributed by atoms with Crippen molar-refractivity contribution < 1.29 is 29.4 Å². The lowest BCUT2D eigenvalue weighted by Crippen LogP contribution is -2.16. The molecule has 0 amide bonds. The van der Waals surface area contributed by atoms with E-state index in [1.165, 1.54) is 0 Å². The zero-order valence-corrected chi connectivity index (χ0v) is 8.66. The molecule has 0 heterocycles. The first-order valence-corrected chi connectivity index (χ1v) is 4.02. The first-order chi connectivity index (χ1) is 6.31. The minimum absolute atomic E-state index is 0.163. The molecule has 0 atom stereocenters. The van der Waals surface area contributed by atoms with E-state index in [4.69, 9.17) is 0 Å². The maximum absolute atomic E-state index is 10.9.